The molecule has 15 heavy (non-hydrogen) atoms. The maximum atomic E-state index is 10.8. The first-order chi connectivity index (χ1) is 6.40. The van der Waals surface area contributed by atoms with Crippen molar-refractivity contribution < 1.29 is 9.90 Å². The van der Waals surface area contributed by atoms with Crippen molar-refractivity contribution in [3.63, 3.8) is 0 Å². The van der Waals surface area contributed by atoms with Gasteiger partial charge in [-0.3, -0.25) is 4.79 Å². The van der Waals surface area contributed by atoms with Crippen molar-refractivity contribution in [3.05, 3.63) is 0 Å². The Bertz CT molecular complexity index is 248. The summed E-state index contributed by atoms with van der Waals surface area (Å²) in [5.74, 6) is -1.44. The number of carboxylic acids is 1. The van der Waals surface area contributed by atoms with E-state index < -0.39 is 16.4 Å². The Hall–Kier alpha value is -0.310. The number of hydrogen-bond acceptors (Lipinski definition) is 2. The molecule has 0 amide bonds. The molecule has 3 nitrogen and oxygen atoms in total. The Labute approximate surface area is 96.4 Å². The summed E-state index contributed by atoms with van der Waals surface area (Å²) in [6, 6.07) is 0. The quantitative estimate of drug-likeness (QED) is 0.591. The van der Waals surface area contributed by atoms with Crippen molar-refractivity contribution in [2.75, 3.05) is 6.54 Å². The molecule has 7 heteroatoms. The first kappa shape index (κ1) is 14.7. The van der Waals surface area contributed by atoms with Crippen LogP contribution < -0.4 is 5.32 Å². The second-order valence-electron chi connectivity index (χ2n) is 4.82. The summed E-state index contributed by atoms with van der Waals surface area (Å²) < 4.78 is 0. The van der Waals surface area contributed by atoms with E-state index in [4.69, 9.17) is 36.5 Å². The maximum Gasteiger partial charge on any atom is 0.291 e. The van der Waals surface area contributed by atoms with Gasteiger partial charge >= 0.3 is 0 Å². The molecule has 0 saturated heterocycles. The number of rotatable bonds is 4. The first-order valence-electron chi connectivity index (χ1n) is 4.54. The fourth-order valence-corrected chi connectivity index (χ4v) is 0.757. The average Bonchev–Trinajstić information content (AvgIpc) is 1.99. The Morgan fingerprint density at radius 3 is 1.87 bits per heavy atom. The molecule has 0 unspecified atom stereocenters. The molecule has 74 valence electrons. The van der Waals surface area contributed by atoms with Crippen LogP contribution in [0.25, 0.3) is 0 Å². The zero-order valence-electron chi connectivity index (χ0n) is 9.37. The van der Waals surface area contributed by atoms with Crippen LogP contribution in [0.5, 0.6) is 0 Å². The fraction of sp³-hybridized carbons (Fsp3) is 0.875. The molecule has 0 aliphatic carbocycles. The molecule has 0 aromatic carbocycles. The van der Waals surface area contributed by atoms with Gasteiger partial charge in [-0.1, -0.05) is 5.21 Å². The highest BCUT2D eigenvalue weighted by molar-refractivity contribution is 6.60. The molecule has 0 aliphatic heterocycles. The standard InChI is InChI=1S/C8H13B4NO2/c1-6(2,3)13-4-7(9,10)8(11,12)5(14)15/h13H,4H2,1-3H3,(H,14,15). The highest BCUT2D eigenvalue weighted by Crippen LogP contribution is 2.41. The highest BCUT2D eigenvalue weighted by Gasteiger charge is 2.40. The van der Waals surface area contributed by atoms with Crippen LogP contribution in [0.1, 0.15) is 20.8 Å². The molecule has 0 spiro atoms. The number of carboxylic acid groups (broad SMARTS) is 1. The third-order valence-corrected chi connectivity index (χ3v) is 2.04. The van der Waals surface area contributed by atoms with Crippen LogP contribution in [-0.2, 0) is 4.79 Å². The molecular formula is C8H13B4NO2. The van der Waals surface area contributed by atoms with Crippen LogP contribution >= 0.6 is 0 Å². The van der Waals surface area contributed by atoms with E-state index in [-0.39, 0.29) is 12.1 Å². The molecular weight excluding hydrogens is 185 g/mol. The number of aliphatic carboxylic acids is 1. The van der Waals surface area contributed by atoms with Gasteiger partial charge in [0, 0.05) is 5.54 Å². The average molecular weight is 198 g/mol. The number of nitrogens with one attached hydrogen (secondary N) is 1. The topological polar surface area (TPSA) is 49.3 Å². The molecule has 0 bridgehead atoms. The van der Waals surface area contributed by atoms with E-state index in [1.165, 1.54) is 0 Å². The summed E-state index contributed by atoms with van der Waals surface area (Å²) in [5, 5.41) is 7.81. The zero-order chi connectivity index (χ0) is 12.5. The Kier molecular flexibility index (Phi) is 4.19. The Balaban J connectivity index is 4.62. The van der Waals surface area contributed by atoms with E-state index in [0.29, 0.717) is 0 Å². The lowest BCUT2D eigenvalue weighted by Gasteiger charge is -2.42. The third-order valence-electron chi connectivity index (χ3n) is 2.04. The zero-order valence-corrected chi connectivity index (χ0v) is 9.37. The van der Waals surface area contributed by atoms with Crippen LogP contribution in [0.4, 0.5) is 0 Å². The monoisotopic (exact) mass is 199 g/mol. The SMILES string of the molecule is [B]C([B])(CNC(C)(C)C)C([B])([B])C(=O)O. The lowest BCUT2D eigenvalue weighted by atomic mass is 9.29. The molecule has 0 atom stereocenters. The lowest BCUT2D eigenvalue weighted by Crippen LogP contribution is -2.49. The summed E-state index contributed by atoms with van der Waals surface area (Å²) >= 11 is 0. The van der Waals surface area contributed by atoms with Gasteiger partial charge in [0.05, 0.1) is 31.4 Å². The summed E-state index contributed by atoms with van der Waals surface area (Å²) in [7, 11) is 21.9. The number of hydrogen-bond donors (Lipinski definition) is 2. The minimum atomic E-state index is -2.18. The summed E-state index contributed by atoms with van der Waals surface area (Å²) in [4.78, 5) is 10.8. The van der Waals surface area contributed by atoms with Gasteiger partial charge in [0.1, 0.15) is 0 Å². The fourth-order valence-electron chi connectivity index (χ4n) is 0.757. The second kappa shape index (κ2) is 4.28. The molecule has 2 N–H and O–H groups in total. The lowest BCUT2D eigenvalue weighted by molar-refractivity contribution is -0.138. The molecule has 0 aromatic heterocycles. The normalized spacial score (nSPS) is 13.8. The molecule has 0 rings (SSSR count). The first-order valence-corrected chi connectivity index (χ1v) is 4.54. The van der Waals surface area contributed by atoms with E-state index in [9.17, 15) is 4.79 Å². The van der Waals surface area contributed by atoms with Crippen LogP contribution in [0.15, 0.2) is 0 Å². The van der Waals surface area contributed by atoms with Crippen molar-refractivity contribution in [1.82, 2.24) is 5.32 Å². The van der Waals surface area contributed by atoms with E-state index in [0.717, 1.165) is 0 Å². The number of carbonyl (C=O) groups is 1. The smallest absolute Gasteiger partial charge is 0.291 e. The van der Waals surface area contributed by atoms with Gasteiger partial charge in [0.25, 0.3) is 5.97 Å². The van der Waals surface area contributed by atoms with Gasteiger partial charge in [-0.25, -0.2) is 0 Å². The van der Waals surface area contributed by atoms with Crippen LogP contribution in [0, 0.1) is 0 Å². The van der Waals surface area contributed by atoms with Gasteiger partial charge < -0.3 is 10.4 Å². The van der Waals surface area contributed by atoms with Crippen molar-refractivity contribution in [2.24, 2.45) is 0 Å². The van der Waals surface area contributed by atoms with E-state index in [2.05, 4.69) is 5.32 Å². The van der Waals surface area contributed by atoms with Crippen molar-refractivity contribution in [2.45, 2.75) is 36.7 Å². The van der Waals surface area contributed by atoms with E-state index in [1.807, 2.05) is 20.8 Å². The second-order valence-corrected chi connectivity index (χ2v) is 4.82. The van der Waals surface area contributed by atoms with Crippen LogP contribution in [-0.4, -0.2) is 54.5 Å². The van der Waals surface area contributed by atoms with Gasteiger partial charge in [0.2, 0.25) is 0 Å². The van der Waals surface area contributed by atoms with Gasteiger partial charge in [-0.05, 0) is 32.5 Å². The van der Waals surface area contributed by atoms with Crippen LogP contribution in [0.2, 0.25) is 10.4 Å². The van der Waals surface area contributed by atoms with Gasteiger partial charge in [0.15, 0.2) is 0 Å². The Morgan fingerprint density at radius 2 is 1.60 bits per heavy atom. The summed E-state index contributed by atoms with van der Waals surface area (Å²) in [6.45, 7) is 5.66. The predicted molar refractivity (Wildman–Crippen MR) is 63.8 cm³/mol. The maximum absolute atomic E-state index is 10.8. The molecule has 0 saturated carbocycles. The third kappa shape index (κ3) is 3.98. The van der Waals surface area contributed by atoms with Gasteiger partial charge in [-0.15, -0.1) is 0 Å². The Morgan fingerprint density at radius 1 is 1.20 bits per heavy atom. The molecule has 0 heterocycles. The van der Waals surface area contributed by atoms with Crippen molar-refractivity contribution in [1.29, 1.82) is 0 Å². The minimum Gasteiger partial charge on any atom is -0.482 e. The van der Waals surface area contributed by atoms with E-state index in [1.54, 1.807) is 0 Å². The largest absolute Gasteiger partial charge is 0.482 e. The highest BCUT2D eigenvalue weighted by atomic mass is 16.4. The van der Waals surface area contributed by atoms with Crippen molar-refractivity contribution >= 4 is 37.4 Å². The van der Waals surface area contributed by atoms with E-state index >= 15 is 0 Å². The molecule has 0 aliphatic rings. The van der Waals surface area contributed by atoms with Crippen molar-refractivity contribution in [3.8, 4) is 0 Å². The minimum absolute atomic E-state index is 0.00417. The summed E-state index contributed by atoms with van der Waals surface area (Å²) in [6.07, 6.45) is 0. The van der Waals surface area contributed by atoms with Gasteiger partial charge in [-0.2, -0.15) is 0 Å². The molecule has 8 radical (unpaired) electrons. The summed E-state index contributed by atoms with van der Waals surface area (Å²) in [5.41, 5.74) is -0.251. The predicted octanol–water partition coefficient (Wildman–Crippen LogP) is -0.635. The molecule has 0 fully saturated rings. The molecule has 0 aromatic rings. The van der Waals surface area contributed by atoms with Crippen LogP contribution in [0.3, 0.4) is 0 Å².